The van der Waals surface area contributed by atoms with E-state index in [1.54, 1.807) is 6.07 Å². The summed E-state index contributed by atoms with van der Waals surface area (Å²) >= 11 is 7.47. The maximum atomic E-state index is 8.68. The molecule has 1 heterocycles. The topological polar surface area (TPSA) is 58.5 Å². The van der Waals surface area contributed by atoms with Gasteiger partial charge in [0.05, 0.1) is 19.8 Å². The van der Waals surface area contributed by atoms with Gasteiger partial charge in [-0.05, 0) is 20.1 Å². The average Bonchev–Trinajstić information content (AvgIpc) is 2.37. The summed E-state index contributed by atoms with van der Waals surface area (Å²) in [4.78, 5) is 10.7. The molecule has 0 amide bonds. The minimum Gasteiger partial charge on any atom is -0.394 e. The highest BCUT2D eigenvalue weighted by molar-refractivity contribution is 7.98. The monoisotopic (exact) mass is 305 g/mol. The maximum Gasteiger partial charge on any atom is 0.190 e. The second-order valence-corrected chi connectivity index (χ2v) is 5.32. The van der Waals surface area contributed by atoms with Crippen molar-refractivity contribution in [2.75, 3.05) is 37.5 Å². The lowest BCUT2D eigenvalue weighted by Gasteiger charge is -2.28. The summed E-state index contributed by atoms with van der Waals surface area (Å²) in [5.74, 6) is 0.798. The number of halogens is 1. The molecule has 0 aromatic carbocycles. The van der Waals surface area contributed by atoms with Crippen molar-refractivity contribution < 1.29 is 9.84 Å². The van der Waals surface area contributed by atoms with Crippen molar-refractivity contribution in [1.82, 2.24) is 9.97 Å². The van der Waals surface area contributed by atoms with E-state index < -0.39 is 0 Å². The second kappa shape index (κ2) is 8.58. The summed E-state index contributed by atoms with van der Waals surface area (Å²) in [7, 11) is 0. The first kappa shape index (κ1) is 16.5. The van der Waals surface area contributed by atoms with E-state index in [4.69, 9.17) is 21.4 Å². The molecule has 5 nitrogen and oxygen atoms in total. The molecular weight excluding hydrogens is 286 g/mol. The van der Waals surface area contributed by atoms with Crippen LogP contribution in [-0.4, -0.2) is 53.7 Å². The van der Waals surface area contributed by atoms with E-state index in [0.29, 0.717) is 30.1 Å². The molecule has 0 bridgehead atoms. The van der Waals surface area contributed by atoms with Crippen molar-refractivity contribution in [3.63, 3.8) is 0 Å². The Morgan fingerprint density at radius 1 is 1.42 bits per heavy atom. The van der Waals surface area contributed by atoms with Crippen LogP contribution >= 0.6 is 23.4 Å². The minimum atomic E-state index is 0.0393. The number of hydrogen-bond donors (Lipinski definition) is 1. The third-order valence-corrected chi connectivity index (χ3v) is 3.21. The Morgan fingerprint density at radius 3 is 2.74 bits per heavy atom. The molecule has 1 aromatic rings. The molecular formula is C12H20ClN3O2S. The molecule has 1 N–H and O–H groups in total. The van der Waals surface area contributed by atoms with Gasteiger partial charge in [0, 0.05) is 18.7 Å². The van der Waals surface area contributed by atoms with Gasteiger partial charge in [0.25, 0.3) is 0 Å². The molecule has 1 rings (SSSR count). The Hall–Kier alpha value is -0.560. The Bertz CT molecular complexity index is 393. The van der Waals surface area contributed by atoms with Crippen LogP contribution in [0, 0.1) is 0 Å². The van der Waals surface area contributed by atoms with Crippen molar-refractivity contribution in [1.29, 1.82) is 0 Å². The van der Waals surface area contributed by atoms with Gasteiger partial charge in [0.2, 0.25) is 0 Å². The van der Waals surface area contributed by atoms with Crippen LogP contribution < -0.4 is 4.90 Å². The molecule has 0 spiro atoms. The van der Waals surface area contributed by atoms with Crippen LogP contribution in [0.4, 0.5) is 5.82 Å². The summed E-state index contributed by atoms with van der Waals surface area (Å²) in [5, 5.41) is 9.78. The molecule has 0 aliphatic carbocycles. The number of nitrogens with zero attached hydrogens (tertiary/aromatic N) is 3. The smallest absolute Gasteiger partial charge is 0.190 e. The first-order valence-electron chi connectivity index (χ1n) is 6.12. The number of rotatable bonds is 8. The van der Waals surface area contributed by atoms with Gasteiger partial charge in [-0.2, -0.15) is 0 Å². The molecule has 0 fully saturated rings. The molecule has 108 valence electrons. The van der Waals surface area contributed by atoms with Crippen molar-refractivity contribution in [3.8, 4) is 0 Å². The van der Waals surface area contributed by atoms with Crippen LogP contribution in [0.1, 0.15) is 13.8 Å². The molecule has 0 atom stereocenters. The third-order valence-electron chi connectivity index (χ3n) is 2.47. The molecule has 0 aliphatic rings. The zero-order chi connectivity index (χ0) is 14.3. The SMILES string of the molecule is CSc1nc(Cl)cc(N(CCOCCO)C(C)C)n1. The summed E-state index contributed by atoms with van der Waals surface area (Å²) in [5.41, 5.74) is 0. The summed E-state index contributed by atoms with van der Waals surface area (Å²) in [6, 6.07) is 2.03. The number of hydrogen-bond acceptors (Lipinski definition) is 6. The van der Waals surface area contributed by atoms with E-state index in [1.165, 1.54) is 11.8 Å². The first-order chi connectivity index (χ1) is 9.08. The highest BCUT2D eigenvalue weighted by Gasteiger charge is 2.14. The van der Waals surface area contributed by atoms with Gasteiger partial charge >= 0.3 is 0 Å². The largest absolute Gasteiger partial charge is 0.394 e. The van der Waals surface area contributed by atoms with E-state index in [2.05, 4.69) is 28.7 Å². The quantitative estimate of drug-likeness (QED) is 0.343. The highest BCUT2D eigenvalue weighted by Crippen LogP contribution is 2.21. The average molecular weight is 306 g/mol. The van der Waals surface area contributed by atoms with E-state index in [-0.39, 0.29) is 12.6 Å². The predicted octanol–water partition coefficient (Wildman–Crippen LogP) is 2.08. The normalized spacial score (nSPS) is 11.1. The van der Waals surface area contributed by atoms with E-state index in [1.807, 2.05) is 6.26 Å². The van der Waals surface area contributed by atoms with Gasteiger partial charge in [-0.15, -0.1) is 0 Å². The molecule has 0 radical (unpaired) electrons. The number of thioether (sulfide) groups is 1. The van der Waals surface area contributed by atoms with Crippen molar-refractivity contribution >= 4 is 29.2 Å². The molecule has 19 heavy (non-hydrogen) atoms. The lowest BCUT2D eigenvalue weighted by atomic mass is 10.3. The van der Waals surface area contributed by atoms with Crippen LogP contribution in [0.5, 0.6) is 0 Å². The van der Waals surface area contributed by atoms with Crippen LogP contribution in [0.2, 0.25) is 5.15 Å². The van der Waals surface area contributed by atoms with Gasteiger partial charge in [-0.25, -0.2) is 9.97 Å². The number of aliphatic hydroxyl groups is 1. The lowest BCUT2D eigenvalue weighted by molar-refractivity contribution is 0.0960. The maximum absolute atomic E-state index is 8.68. The Labute approximate surface area is 123 Å². The van der Waals surface area contributed by atoms with Crippen molar-refractivity contribution in [2.45, 2.75) is 25.0 Å². The lowest BCUT2D eigenvalue weighted by Crippen LogP contribution is -2.35. The Kier molecular flexibility index (Phi) is 7.45. The van der Waals surface area contributed by atoms with E-state index in [9.17, 15) is 0 Å². The van der Waals surface area contributed by atoms with Gasteiger partial charge in [-0.3, -0.25) is 0 Å². The molecule has 0 saturated carbocycles. The fourth-order valence-electron chi connectivity index (χ4n) is 1.59. The number of aromatic nitrogens is 2. The van der Waals surface area contributed by atoms with Crippen LogP contribution in [-0.2, 0) is 4.74 Å². The predicted molar refractivity (Wildman–Crippen MR) is 79.2 cm³/mol. The Morgan fingerprint density at radius 2 is 2.16 bits per heavy atom. The van der Waals surface area contributed by atoms with Crippen molar-refractivity contribution in [2.24, 2.45) is 0 Å². The van der Waals surface area contributed by atoms with E-state index in [0.717, 1.165) is 5.82 Å². The van der Waals surface area contributed by atoms with Gasteiger partial charge in [0.1, 0.15) is 11.0 Å². The summed E-state index contributed by atoms with van der Waals surface area (Å²) < 4.78 is 5.30. The zero-order valence-electron chi connectivity index (χ0n) is 11.5. The fraction of sp³-hybridized carbons (Fsp3) is 0.667. The Balaban J connectivity index is 2.77. The summed E-state index contributed by atoms with van der Waals surface area (Å²) in [6.07, 6.45) is 1.92. The van der Waals surface area contributed by atoms with Crippen molar-refractivity contribution in [3.05, 3.63) is 11.2 Å². The summed E-state index contributed by atoms with van der Waals surface area (Å²) in [6.45, 7) is 5.79. The van der Waals surface area contributed by atoms with E-state index >= 15 is 0 Å². The van der Waals surface area contributed by atoms with Gasteiger partial charge in [0.15, 0.2) is 5.16 Å². The molecule has 0 aliphatic heterocycles. The van der Waals surface area contributed by atoms with Gasteiger partial charge < -0.3 is 14.7 Å². The number of aliphatic hydroxyl groups excluding tert-OH is 1. The molecule has 7 heteroatoms. The fourth-order valence-corrected chi connectivity index (χ4v) is 2.19. The van der Waals surface area contributed by atoms with Crippen LogP contribution in [0.15, 0.2) is 11.2 Å². The van der Waals surface area contributed by atoms with Gasteiger partial charge in [-0.1, -0.05) is 23.4 Å². The highest BCUT2D eigenvalue weighted by atomic mass is 35.5. The first-order valence-corrected chi connectivity index (χ1v) is 7.72. The minimum absolute atomic E-state index is 0.0393. The third kappa shape index (κ3) is 5.52. The zero-order valence-corrected chi connectivity index (χ0v) is 13.0. The molecule has 1 aromatic heterocycles. The van der Waals surface area contributed by atoms with Crippen LogP contribution in [0.25, 0.3) is 0 Å². The van der Waals surface area contributed by atoms with Crippen LogP contribution in [0.3, 0.4) is 0 Å². The molecule has 0 unspecified atom stereocenters. The molecule has 0 saturated heterocycles. The number of ether oxygens (including phenoxy) is 1. The second-order valence-electron chi connectivity index (χ2n) is 4.16. The standard InChI is InChI=1S/C12H20ClN3O2S/c1-9(2)16(4-6-18-7-5-17)11-8-10(13)14-12(15-11)19-3/h8-9,17H,4-7H2,1-3H3. The number of anilines is 1.